The number of hydrogen-bond donors (Lipinski definition) is 2. The Labute approximate surface area is 110 Å². The van der Waals surface area contributed by atoms with E-state index in [-0.39, 0.29) is 29.5 Å². The first-order valence-corrected chi connectivity index (χ1v) is 5.74. The number of nitro groups is 1. The van der Waals surface area contributed by atoms with Crippen molar-refractivity contribution in [3.8, 4) is 0 Å². The average Bonchev–Trinajstić information content (AvgIpc) is 2.35. The van der Waals surface area contributed by atoms with Crippen LogP contribution in [0.15, 0.2) is 24.3 Å². The van der Waals surface area contributed by atoms with Gasteiger partial charge >= 0.3 is 0 Å². The van der Waals surface area contributed by atoms with E-state index in [0.717, 1.165) is 0 Å². The van der Waals surface area contributed by atoms with Crippen LogP contribution in [-0.2, 0) is 4.79 Å². The minimum absolute atomic E-state index is 0.0997. The van der Waals surface area contributed by atoms with Crippen LogP contribution in [0.1, 0.15) is 30.6 Å². The van der Waals surface area contributed by atoms with Crippen LogP contribution in [0.5, 0.6) is 0 Å². The van der Waals surface area contributed by atoms with Gasteiger partial charge in [0.2, 0.25) is 5.91 Å². The molecule has 0 aliphatic carbocycles. The molecule has 0 aromatic heterocycles. The first-order valence-electron chi connectivity index (χ1n) is 5.74. The summed E-state index contributed by atoms with van der Waals surface area (Å²) < 4.78 is 0. The molecular weight excluding hydrogens is 250 g/mol. The Kier molecular flexibility index (Phi) is 4.99. The molecule has 0 radical (unpaired) electrons. The van der Waals surface area contributed by atoms with Crippen LogP contribution in [0.4, 0.5) is 5.69 Å². The van der Waals surface area contributed by atoms with Crippen LogP contribution < -0.4 is 10.9 Å². The highest BCUT2D eigenvalue weighted by Crippen LogP contribution is 2.16. The smallest absolute Gasteiger partial charge is 0.273 e. The highest BCUT2D eigenvalue weighted by Gasteiger charge is 2.19. The van der Waals surface area contributed by atoms with Crippen molar-refractivity contribution in [1.29, 1.82) is 0 Å². The summed E-state index contributed by atoms with van der Waals surface area (Å²) in [5.41, 5.74) is 3.97. The highest BCUT2D eigenvalue weighted by molar-refractivity contribution is 5.98. The first-order chi connectivity index (χ1) is 8.91. The Morgan fingerprint density at radius 1 is 1.26 bits per heavy atom. The van der Waals surface area contributed by atoms with Gasteiger partial charge in [-0.1, -0.05) is 26.0 Å². The standard InChI is InChI=1S/C12H15N3O4/c1-8(2)7-11(16)13-14-12(17)9-5-3-4-6-10(9)15(18)19/h3-6,8H,7H2,1-2H3,(H,13,16)(H,14,17). The molecule has 19 heavy (non-hydrogen) atoms. The summed E-state index contributed by atoms with van der Waals surface area (Å²) in [7, 11) is 0. The molecule has 7 nitrogen and oxygen atoms in total. The van der Waals surface area contributed by atoms with Crippen molar-refractivity contribution in [1.82, 2.24) is 10.9 Å². The zero-order valence-electron chi connectivity index (χ0n) is 10.7. The second-order valence-electron chi connectivity index (χ2n) is 4.37. The minimum Gasteiger partial charge on any atom is -0.273 e. The number of nitro benzene ring substituents is 1. The number of hydrogen-bond acceptors (Lipinski definition) is 4. The van der Waals surface area contributed by atoms with Gasteiger partial charge < -0.3 is 0 Å². The van der Waals surface area contributed by atoms with E-state index in [9.17, 15) is 19.7 Å². The number of carbonyl (C=O) groups excluding carboxylic acids is 2. The van der Waals surface area contributed by atoms with Gasteiger partial charge in [0.05, 0.1) is 4.92 Å². The molecule has 0 atom stereocenters. The Morgan fingerprint density at radius 2 is 1.89 bits per heavy atom. The predicted molar refractivity (Wildman–Crippen MR) is 68.2 cm³/mol. The van der Waals surface area contributed by atoms with Crippen LogP contribution in [0, 0.1) is 16.0 Å². The molecule has 0 spiro atoms. The summed E-state index contributed by atoms with van der Waals surface area (Å²) in [4.78, 5) is 33.2. The van der Waals surface area contributed by atoms with Crippen molar-refractivity contribution < 1.29 is 14.5 Å². The highest BCUT2D eigenvalue weighted by atomic mass is 16.6. The number of nitrogens with zero attached hydrogens (tertiary/aromatic N) is 1. The van der Waals surface area contributed by atoms with Gasteiger partial charge in [0, 0.05) is 12.5 Å². The zero-order valence-corrected chi connectivity index (χ0v) is 10.7. The number of benzene rings is 1. The number of para-hydroxylation sites is 1. The van der Waals surface area contributed by atoms with Gasteiger partial charge in [-0.2, -0.15) is 0 Å². The van der Waals surface area contributed by atoms with Crippen LogP contribution in [0.3, 0.4) is 0 Å². The maximum Gasteiger partial charge on any atom is 0.282 e. The number of carbonyl (C=O) groups is 2. The van der Waals surface area contributed by atoms with Crippen molar-refractivity contribution in [3.63, 3.8) is 0 Å². The fourth-order valence-electron chi connectivity index (χ4n) is 1.44. The Hall–Kier alpha value is -2.44. The molecule has 0 saturated heterocycles. The summed E-state index contributed by atoms with van der Waals surface area (Å²) >= 11 is 0. The minimum atomic E-state index is -0.718. The monoisotopic (exact) mass is 265 g/mol. The lowest BCUT2D eigenvalue weighted by atomic mass is 10.1. The van der Waals surface area contributed by atoms with E-state index in [0.29, 0.717) is 0 Å². The van der Waals surface area contributed by atoms with Gasteiger partial charge in [0.1, 0.15) is 5.56 Å². The first kappa shape index (κ1) is 14.6. The molecule has 1 aromatic carbocycles. The van der Waals surface area contributed by atoms with E-state index >= 15 is 0 Å². The molecule has 0 fully saturated rings. The Morgan fingerprint density at radius 3 is 2.47 bits per heavy atom. The third-order valence-electron chi connectivity index (χ3n) is 2.25. The molecule has 2 N–H and O–H groups in total. The summed E-state index contributed by atoms with van der Waals surface area (Å²) in [6, 6.07) is 5.52. The fraction of sp³-hybridized carbons (Fsp3) is 0.333. The van der Waals surface area contributed by atoms with Crippen LogP contribution in [-0.4, -0.2) is 16.7 Å². The van der Waals surface area contributed by atoms with E-state index in [2.05, 4.69) is 10.9 Å². The maximum absolute atomic E-state index is 11.7. The molecule has 102 valence electrons. The third kappa shape index (κ3) is 4.38. The van der Waals surface area contributed by atoms with Crippen molar-refractivity contribution in [3.05, 3.63) is 39.9 Å². The Balaban J connectivity index is 2.69. The molecule has 0 aliphatic rings. The SMILES string of the molecule is CC(C)CC(=O)NNC(=O)c1ccccc1[N+](=O)[O-]. The molecule has 0 bridgehead atoms. The molecule has 7 heteroatoms. The van der Waals surface area contributed by atoms with Gasteiger partial charge in [0.25, 0.3) is 11.6 Å². The largest absolute Gasteiger partial charge is 0.282 e. The average molecular weight is 265 g/mol. The number of amides is 2. The van der Waals surface area contributed by atoms with Crippen molar-refractivity contribution in [2.75, 3.05) is 0 Å². The molecular formula is C12H15N3O4. The summed E-state index contributed by atoms with van der Waals surface area (Å²) in [6.45, 7) is 3.73. The van der Waals surface area contributed by atoms with Crippen molar-refractivity contribution >= 4 is 17.5 Å². The van der Waals surface area contributed by atoms with Gasteiger partial charge in [-0.3, -0.25) is 30.6 Å². The molecule has 0 saturated carbocycles. The summed E-state index contributed by atoms with van der Waals surface area (Å²) in [5, 5.41) is 10.7. The molecule has 1 aromatic rings. The number of nitrogens with one attached hydrogen (secondary N) is 2. The lowest BCUT2D eigenvalue weighted by Gasteiger charge is -2.08. The number of hydrazine groups is 1. The Bertz CT molecular complexity index is 500. The maximum atomic E-state index is 11.7. The summed E-state index contributed by atoms with van der Waals surface area (Å²) in [5.74, 6) is -0.908. The van der Waals surface area contributed by atoms with E-state index in [1.165, 1.54) is 24.3 Å². The second-order valence-corrected chi connectivity index (χ2v) is 4.37. The van der Waals surface area contributed by atoms with E-state index in [1.807, 2.05) is 13.8 Å². The molecule has 0 heterocycles. The van der Waals surface area contributed by atoms with Crippen LogP contribution in [0.2, 0.25) is 0 Å². The van der Waals surface area contributed by atoms with Gasteiger partial charge in [-0.15, -0.1) is 0 Å². The van der Waals surface area contributed by atoms with Gasteiger partial charge in [0.15, 0.2) is 0 Å². The lowest BCUT2D eigenvalue weighted by molar-refractivity contribution is -0.385. The molecule has 0 unspecified atom stereocenters. The van der Waals surface area contributed by atoms with Crippen LogP contribution in [0.25, 0.3) is 0 Å². The van der Waals surface area contributed by atoms with E-state index in [4.69, 9.17) is 0 Å². The number of rotatable bonds is 4. The fourth-order valence-corrected chi connectivity index (χ4v) is 1.44. The topological polar surface area (TPSA) is 101 Å². The van der Waals surface area contributed by atoms with E-state index in [1.54, 1.807) is 0 Å². The quantitative estimate of drug-likeness (QED) is 0.634. The van der Waals surface area contributed by atoms with Crippen LogP contribution >= 0.6 is 0 Å². The molecule has 2 amide bonds. The van der Waals surface area contributed by atoms with Gasteiger partial charge in [-0.05, 0) is 12.0 Å². The van der Waals surface area contributed by atoms with Crippen molar-refractivity contribution in [2.24, 2.45) is 5.92 Å². The van der Waals surface area contributed by atoms with E-state index < -0.39 is 10.8 Å². The third-order valence-corrected chi connectivity index (χ3v) is 2.25. The normalized spacial score (nSPS) is 10.1. The van der Waals surface area contributed by atoms with Crippen molar-refractivity contribution in [2.45, 2.75) is 20.3 Å². The molecule has 0 aliphatic heterocycles. The zero-order chi connectivity index (χ0) is 14.4. The second kappa shape index (κ2) is 6.48. The summed E-state index contributed by atoms with van der Waals surface area (Å²) in [6.07, 6.45) is 0.261. The lowest BCUT2D eigenvalue weighted by Crippen LogP contribution is -2.42. The predicted octanol–water partition coefficient (Wildman–Crippen LogP) is 1.40. The molecule has 1 rings (SSSR count). The van der Waals surface area contributed by atoms with Gasteiger partial charge in [-0.25, -0.2) is 0 Å².